The zero-order valence-electron chi connectivity index (χ0n) is 16.7. The lowest BCUT2D eigenvalue weighted by Crippen LogP contribution is -2.53. The van der Waals surface area contributed by atoms with E-state index in [1.165, 1.54) is 11.1 Å². The van der Waals surface area contributed by atoms with Gasteiger partial charge in [-0.25, -0.2) is 4.98 Å². The van der Waals surface area contributed by atoms with Crippen molar-refractivity contribution >= 4 is 18.0 Å². The first-order valence-corrected chi connectivity index (χ1v) is 11.2. The van der Waals surface area contributed by atoms with E-state index in [1.807, 2.05) is 6.07 Å². The number of nitrogens with zero attached hydrogens (tertiary/aromatic N) is 2. The Balaban J connectivity index is 1.51. The Labute approximate surface area is 177 Å². The molecule has 0 bridgehead atoms. The van der Waals surface area contributed by atoms with Crippen LogP contribution in [0, 0.1) is 5.92 Å². The second-order valence-electron chi connectivity index (χ2n) is 8.92. The van der Waals surface area contributed by atoms with Gasteiger partial charge in [-0.3, -0.25) is 4.79 Å². The van der Waals surface area contributed by atoms with E-state index in [1.54, 1.807) is 0 Å². The van der Waals surface area contributed by atoms with E-state index in [0.29, 0.717) is 17.0 Å². The number of carbonyl (C=O) groups is 1. The van der Waals surface area contributed by atoms with Crippen LogP contribution < -0.4 is 5.32 Å². The third-order valence-corrected chi connectivity index (χ3v) is 7.80. The number of piperidine rings is 1. The molecular formula is C24H28ClN3O. The first-order chi connectivity index (χ1) is 14.2. The fraction of sp³-hybridized carbons (Fsp3) is 0.500. The molecule has 2 unspecified atom stereocenters. The first kappa shape index (κ1) is 19.1. The minimum absolute atomic E-state index is 0.0513. The number of amides is 1. The van der Waals surface area contributed by atoms with Crippen LogP contribution in [0.5, 0.6) is 0 Å². The predicted octanol–water partition coefficient (Wildman–Crippen LogP) is 3.93. The Bertz CT molecular complexity index is 889. The summed E-state index contributed by atoms with van der Waals surface area (Å²) in [6.45, 7) is 2.76. The minimum atomic E-state index is 0.0513. The quantitative estimate of drug-likeness (QED) is 0.617. The van der Waals surface area contributed by atoms with Gasteiger partial charge in [-0.05, 0) is 55.2 Å². The first-order valence-electron chi connectivity index (χ1n) is 10.8. The molecule has 1 amide bonds. The number of hydrogen-bond acceptors (Lipinski definition) is 3. The number of aromatic nitrogens is 1. The maximum Gasteiger partial charge on any atom is 0.209 e. The molecule has 2 aliphatic heterocycles. The summed E-state index contributed by atoms with van der Waals surface area (Å²) in [5, 5.41) is 4.26. The van der Waals surface area contributed by atoms with Crippen LogP contribution in [-0.2, 0) is 16.6 Å². The summed E-state index contributed by atoms with van der Waals surface area (Å²) in [6.07, 6.45) is 6.45. The standard InChI is InChI=1S/C24H28ClN3O/c25-23-9-8-19-21(27-23)7-4-11-24(19)15-26-14-20(24)22-13-18(10-12-28(22)16-29)17-5-2-1-3-6-17/h1-3,5-6,8-9,16,18,20,22,26H,4,7,10-15H2/t18?,20-,22?,24-/m0/s1. The molecule has 0 saturated carbocycles. The van der Waals surface area contributed by atoms with Crippen LogP contribution in [0.25, 0.3) is 0 Å². The van der Waals surface area contributed by atoms with Crippen molar-refractivity contribution in [3.05, 3.63) is 64.4 Å². The van der Waals surface area contributed by atoms with Gasteiger partial charge in [-0.15, -0.1) is 0 Å². The van der Waals surface area contributed by atoms with Gasteiger partial charge in [0, 0.05) is 42.7 Å². The van der Waals surface area contributed by atoms with Crippen LogP contribution in [0.3, 0.4) is 0 Å². The number of halogens is 1. The number of rotatable bonds is 3. The largest absolute Gasteiger partial charge is 0.342 e. The van der Waals surface area contributed by atoms with Crippen LogP contribution in [0.2, 0.25) is 5.15 Å². The highest BCUT2D eigenvalue weighted by Crippen LogP contribution is 2.49. The van der Waals surface area contributed by atoms with Crippen LogP contribution in [-0.4, -0.2) is 42.0 Å². The lowest BCUT2D eigenvalue weighted by molar-refractivity contribution is -0.123. The molecule has 5 heteroatoms. The third kappa shape index (κ3) is 3.27. The summed E-state index contributed by atoms with van der Waals surface area (Å²) in [4.78, 5) is 18.8. The lowest BCUT2D eigenvalue weighted by atomic mass is 9.62. The molecule has 1 aromatic carbocycles. The summed E-state index contributed by atoms with van der Waals surface area (Å²) in [6, 6.07) is 15.2. The van der Waals surface area contributed by atoms with Crippen LogP contribution in [0.4, 0.5) is 0 Å². The van der Waals surface area contributed by atoms with E-state index < -0.39 is 0 Å². The van der Waals surface area contributed by atoms with Gasteiger partial charge in [0.05, 0.1) is 0 Å². The third-order valence-electron chi connectivity index (χ3n) is 7.59. The van der Waals surface area contributed by atoms with Crippen LogP contribution in [0.15, 0.2) is 42.5 Å². The van der Waals surface area contributed by atoms with E-state index in [2.05, 4.69) is 51.6 Å². The minimum Gasteiger partial charge on any atom is -0.342 e. The number of benzene rings is 1. The summed E-state index contributed by atoms with van der Waals surface area (Å²) in [5.74, 6) is 0.919. The van der Waals surface area contributed by atoms with Crippen molar-refractivity contribution in [1.29, 1.82) is 0 Å². The molecule has 152 valence electrons. The topological polar surface area (TPSA) is 45.2 Å². The molecular weight excluding hydrogens is 382 g/mol. The number of nitrogens with one attached hydrogen (secondary N) is 1. The number of pyridine rings is 1. The van der Waals surface area contributed by atoms with Crippen molar-refractivity contribution in [3.8, 4) is 0 Å². The molecule has 1 aromatic heterocycles. The van der Waals surface area contributed by atoms with E-state index in [9.17, 15) is 4.79 Å². The molecule has 5 rings (SSSR count). The van der Waals surface area contributed by atoms with Gasteiger partial charge in [0.15, 0.2) is 0 Å². The summed E-state index contributed by atoms with van der Waals surface area (Å²) >= 11 is 6.21. The predicted molar refractivity (Wildman–Crippen MR) is 115 cm³/mol. The molecule has 4 atom stereocenters. The summed E-state index contributed by atoms with van der Waals surface area (Å²) in [7, 11) is 0. The smallest absolute Gasteiger partial charge is 0.209 e. The second kappa shape index (κ2) is 7.73. The monoisotopic (exact) mass is 409 g/mol. The van der Waals surface area contributed by atoms with Crippen molar-refractivity contribution in [2.75, 3.05) is 19.6 Å². The maximum atomic E-state index is 12.0. The highest BCUT2D eigenvalue weighted by atomic mass is 35.5. The molecule has 3 heterocycles. The van der Waals surface area contributed by atoms with Crippen LogP contribution in [0.1, 0.15) is 48.4 Å². The van der Waals surface area contributed by atoms with Crippen LogP contribution >= 0.6 is 11.6 Å². The number of aryl methyl sites for hydroxylation is 1. The molecule has 2 aromatic rings. The van der Waals surface area contributed by atoms with Gasteiger partial charge in [0.25, 0.3) is 0 Å². The van der Waals surface area contributed by atoms with Gasteiger partial charge < -0.3 is 10.2 Å². The fourth-order valence-corrected chi connectivity index (χ4v) is 6.41. The van der Waals surface area contributed by atoms with Crippen molar-refractivity contribution in [3.63, 3.8) is 0 Å². The van der Waals surface area contributed by atoms with Gasteiger partial charge in [-0.1, -0.05) is 48.0 Å². The Hall–Kier alpha value is -1.91. The Morgan fingerprint density at radius 3 is 2.90 bits per heavy atom. The highest BCUT2D eigenvalue weighted by Gasteiger charge is 2.52. The number of fused-ring (bicyclic) bond motifs is 2. The molecule has 3 aliphatic rings. The molecule has 29 heavy (non-hydrogen) atoms. The maximum absolute atomic E-state index is 12.0. The fourth-order valence-electron chi connectivity index (χ4n) is 6.24. The molecule has 1 aliphatic carbocycles. The average Bonchev–Trinajstić information content (AvgIpc) is 3.17. The molecule has 1 spiro atoms. The van der Waals surface area contributed by atoms with E-state index in [-0.39, 0.29) is 11.5 Å². The van der Waals surface area contributed by atoms with Gasteiger partial charge >= 0.3 is 0 Å². The number of likely N-dealkylation sites (tertiary alicyclic amines) is 1. The van der Waals surface area contributed by atoms with Crippen molar-refractivity contribution in [1.82, 2.24) is 15.2 Å². The molecule has 2 saturated heterocycles. The van der Waals surface area contributed by atoms with Crippen molar-refractivity contribution in [2.45, 2.75) is 49.5 Å². The van der Waals surface area contributed by atoms with Gasteiger partial charge in [0.1, 0.15) is 5.15 Å². The zero-order valence-corrected chi connectivity index (χ0v) is 17.4. The average molecular weight is 410 g/mol. The second-order valence-corrected chi connectivity index (χ2v) is 9.31. The molecule has 1 N–H and O–H groups in total. The lowest BCUT2D eigenvalue weighted by Gasteiger charge is -2.48. The van der Waals surface area contributed by atoms with Crippen molar-refractivity contribution < 1.29 is 4.79 Å². The molecule has 2 fully saturated rings. The van der Waals surface area contributed by atoms with Crippen molar-refractivity contribution in [2.24, 2.45) is 5.92 Å². The zero-order chi connectivity index (χ0) is 19.8. The highest BCUT2D eigenvalue weighted by molar-refractivity contribution is 6.29. The summed E-state index contributed by atoms with van der Waals surface area (Å²) in [5.41, 5.74) is 3.97. The van der Waals surface area contributed by atoms with E-state index in [4.69, 9.17) is 11.6 Å². The van der Waals surface area contributed by atoms with Gasteiger partial charge in [0.2, 0.25) is 6.41 Å². The molecule has 4 nitrogen and oxygen atoms in total. The molecule has 0 radical (unpaired) electrons. The SMILES string of the molecule is O=CN1CCC(c2ccccc2)CC1[C@@H]1CNC[C@]12CCCc1nc(Cl)ccc12. The number of hydrogen-bond donors (Lipinski definition) is 1. The Morgan fingerprint density at radius 1 is 1.21 bits per heavy atom. The summed E-state index contributed by atoms with van der Waals surface area (Å²) < 4.78 is 0. The van der Waals surface area contributed by atoms with Gasteiger partial charge in [-0.2, -0.15) is 0 Å². The van der Waals surface area contributed by atoms with E-state index >= 15 is 0 Å². The Kier molecular flexibility index (Phi) is 5.09. The normalized spacial score (nSPS) is 31.6. The number of carbonyl (C=O) groups excluding carboxylic acids is 1. The Morgan fingerprint density at radius 2 is 2.07 bits per heavy atom. The van der Waals surface area contributed by atoms with E-state index in [0.717, 1.165) is 63.8 Å².